The fourth-order valence-corrected chi connectivity index (χ4v) is 6.03. The Bertz CT molecular complexity index is 1440. The van der Waals surface area contributed by atoms with Crippen molar-refractivity contribution in [2.75, 3.05) is 5.75 Å². The van der Waals surface area contributed by atoms with Crippen LogP contribution in [0, 0.1) is 0 Å². The van der Waals surface area contributed by atoms with Gasteiger partial charge in [-0.3, -0.25) is 14.5 Å². The summed E-state index contributed by atoms with van der Waals surface area (Å²) in [5.74, 6) is -1.89. The van der Waals surface area contributed by atoms with Gasteiger partial charge in [-0.2, -0.15) is 13.2 Å². The van der Waals surface area contributed by atoms with Crippen LogP contribution >= 0.6 is 11.8 Å². The van der Waals surface area contributed by atoms with Crippen molar-refractivity contribution in [1.29, 1.82) is 0 Å². The first-order chi connectivity index (χ1) is 19.7. The molecule has 2 amide bonds. The molecule has 0 aliphatic carbocycles. The second kappa shape index (κ2) is 12.1. The van der Waals surface area contributed by atoms with Crippen LogP contribution in [0.15, 0.2) is 114 Å². The Morgan fingerprint density at radius 1 is 0.951 bits per heavy atom. The van der Waals surface area contributed by atoms with Crippen molar-refractivity contribution in [2.45, 2.75) is 30.1 Å². The number of β-lactam (4-membered cyclic amide) rings is 1. The molecular formula is C31H25F3N2O4S. The molecule has 2 aliphatic heterocycles. The summed E-state index contributed by atoms with van der Waals surface area (Å²) in [6.07, 6.45) is -4.59. The third-order valence-corrected chi connectivity index (χ3v) is 7.92. The van der Waals surface area contributed by atoms with Gasteiger partial charge in [-0.05, 0) is 22.3 Å². The normalized spacial score (nSPS) is 18.7. The number of allylic oxidation sites excluding steroid dienone is 2. The highest BCUT2D eigenvalue weighted by molar-refractivity contribution is 8.00. The van der Waals surface area contributed by atoms with E-state index in [-0.39, 0.29) is 35.4 Å². The number of rotatable bonds is 8. The number of benzene rings is 3. The number of carbonyl (C=O) groups is 3. The molecule has 6 nitrogen and oxygen atoms in total. The Balaban J connectivity index is 1.42. The van der Waals surface area contributed by atoms with Crippen LogP contribution in [-0.2, 0) is 25.5 Å². The molecule has 1 fully saturated rings. The standard InChI is InChI=1S/C31H25F3N2O4S/c32-31(33,34)17-16-23-19-41-29-25(35-24(37)18-20-10-4-1-5-11-20)28(38)36(29)26(23)30(39)40-27(21-12-6-2-7-13-21)22-14-8-3-9-15-22/h1-17,25,27,29H,18-19H2,(H,35,37)/b17-16+/t25?,29-/m1/s1. The smallest absolute Gasteiger partial charge is 0.409 e. The molecule has 0 radical (unpaired) electrons. The Morgan fingerprint density at radius 3 is 2.07 bits per heavy atom. The monoisotopic (exact) mass is 578 g/mol. The molecule has 10 heteroatoms. The van der Waals surface area contributed by atoms with Gasteiger partial charge in [0.2, 0.25) is 5.91 Å². The largest absolute Gasteiger partial charge is 0.448 e. The summed E-state index contributed by atoms with van der Waals surface area (Å²) in [6.45, 7) is 0. The topological polar surface area (TPSA) is 75.7 Å². The van der Waals surface area contributed by atoms with Gasteiger partial charge in [-0.1, -0.05) is 97.1 Å². The highest BCUT2D eigenvalue weighted by Gasteiger charge is 2.54. The van der Waals surface area contributed by atoms with Gasteiger partial charge in [-0.15, -0.1) is 11.8 Å². The number of alkyl halides is 3. The molecule has 0 aromatic heterocycles. The van der Waals surface area contributed by atoms with Crippen LogP contribution in [0.4, 0.5) is 13.2 Å². The summed E-state index contributed by atoms with van der Waals surface area (Å²) in [4.78, 5) is 40.8. The molecule has 0 spiro atoms. The van der Waals surface area contributed by atoms with Gasteiger partial charge in [0.25, 0.3) is 5.91 Å². The summed E-state index contributed by atoms with van der Waals surface area (Å²) >= 11 is 1.17. The van der Waals surface area contributed by atoms with Crippen molar-refractivity contribution in [1.82, 2.24) is 10.2 Å². The molecule has 0 bridgehead atoms. The minimum Gasteiger partial charge on any atom is -0.448 e. The lowest BCUT2D eigenvalue weighted by Crippen LogP contribution is -2.70. The fourth-order valence-electron chi connectivity index (χ4n) is 4.71. The van der Waals surface area contributed by atoms with Gasteiger partial charge in [0.1, 0.15) is 17.1 Å². The molecule has 5 rings (SSSR count). The van der Waals surface area contributed by atoms with Crippen LogP contribution in [0.2, 0.25) is 0 Å². The molecule has 3 aromatic carbocycles. The van der Waals surface area contributed by atoms with Crippen LogP contribution in [0.3, 0.4) is 0 Å². The molecule has 1 N–H and O–H groups in total. The van der Waals surface area contributed by atoms with Crippen LogP contribution in [0.25, 0.3) is 0 Å². The number of hydrogen-bond donors (Lipinski definition) is 1. The third-order valence-electron chi connectivity index (χ3n) is 6.62. The molecule has 2 atom stereocenters. The van der Waals surface area contributed by atoms with Crippen LogP contribution in [-0.4, -0.2) is 46.0 Å². The lowest BCUT2D eigenvalue weighted by Gasteiger charge is -2.49. The van der Waals surface area contributed by atoms with E-state index >= 15 is 0 Å². The first-order valence-corrected chi connectivity index (χ1v) is 13.8. The van der Waals surface area contributed by atoms with E-state index in [1.807, 2.05) is 18.2 Å². The van der Waals surface area contributed by atoms with E-state index in [2.05, 4.69) is 5.32 Å². The summed E-state index contributed by atoms with van der Waals surface area (Å²) in [7, 11) is 0. The lowest BCUT2D eigenvalue weighted by molar-refractivity contribution is -0.154. The SMILES string of the molecule is O=C(Cc1ccccc1)NC1C(=O)N2C(C(=O)OC(c3ccccc3)c3ccccc3)=C(/C=C/C(F)(F)F)CS[C@H]12. The number of amides is 2. The second-order valence-electron chi connectivity index (χ2n) is 9.47. The van der Waals surface area contributed by atoms with E-state index in [0.717, 1.165) is 16.5 Å². The van der Waals surface area contributed by atoms with Crippen molar-refractivity contribution < 1.29 is 32.3 Å². The van der Waals surface area contributed by atoms with E-state index < -0.39 is 35.6 Å². The first-order valence-electron chi connectivity index (χ1n) is 12.8. The minimum atomic E-state index is -4.62. The number of fused-ring (bicyclic) bond motifs is 1. The van der Waals surface area contributed by atoms with E-state index in [4.69, 9.17) is 4.74 Å². The van der Waals surface area contributed by atoms with E-state index in [9.17, 15) is 27.6 Å². The lowest BCUT2D eigenvalue weighted by atomic mass is 10.00. The summed E-state index contributed by atoms with van der Waals surface area (Å²) in [5.41, 5.74) is 1.83. The van der Waals surface area contributed by atoms with Gasteiger partial charge in [0, 0.05) is 11.8 Å². The quantitative estimate of drug-likeness (QED) is 0.289. The number of carbonyl (C=O) groups excluding carboxylic acids is 3. The van der Waals surface area contributed by atoms with E-state index in [0.29, 0.717) is 11.1 Å². The maximum absolute atomic E-state index is 13.7. The number of thioether (sulfide) groups is 1. The van der Waals surface area contributed by atoms with Crippen molar-refractivity contribution in [2.24, 2.45) is 0 Å². The predicted octanol–water partition coefficient (Wildman–Crippen LogP) is 5.33. The zero-order chi connectivity index (χ0) is 29.0. The van der Waals surface area contributed by atoms with Crippen molar-refractivity contribution in [3.8, 4) is 0 Å². The Kier molecular flexibility index (Phi) is 8.30. The molecule has 210 valence electrons. The average Bonchev–Trinajstić information content (AvgIpc) is 2.98. The molecule has 1 unspecified atom stereocenters. The van der Waals surface area contributed by atoms with Gasteiger partial charge >= 0.3 is 12.1 Å². The molecule has 2 aliphatic rings. The van der Waals surface area contributed by atoms with Gasteiger partial charge < -0.3 is 10.1 Å². The van der Waals surface area contributed by atoms with Gasteiger partial charge in [-0.25, -0.2) is 4.79 Å². The maximum atomic E-state index is 13.7. The van der Waals surface area contributed by atoms with Gasteiger partial charge in [0.05, 0.1) is 6.42 Å². The molecule has 41 heavy (non-hydrogen) atoms. The number of nitrogens with one attached hydrogen (secondary N) is 1. The number of halogens is 3. The van der Waals surface area contributed by atoms with Crippen molar-refractivity contribution in [3.63, 3.8) is 0 Å². The van der Waals surface area contributed by atoms with Crippen LogP contribution in [0.5, 0.6) is 0 Å². The summed E-state index contributed by atoms with van der Waals surface area (Å²) < 4.78 is 45.2. The van der Waals surface area contributed by atoms with Crippen LogP contribution < -0.4 is 5.32 Å². The number of esters is 1. The Labute approximate surface area is 238 Å². The van der Waals surface area contributed by atoms with Crippen molar-refractivity contribution >= 4 is 29.5 Å². The minimum absolute atomic E-state index is 0.0101. The van der Waals surface area contributed by atoms with E-state index in [1.54, 1.807) is 72.8 Å². The highest BCUT2D eigenvalue weighted by atomic mass is 32.2. The number of nitrogens with zero attached hydrogens (tertiary/aromatic N) is 1. The number of hydrogen-bond acceptors (Lipinski definition) is 5. The third kappa shape index (κ3) is 6.54. The van der Waals surface area contributed by atoms with Gasteiger partial charge in [0.15, 0.2) is 6.10 Å². The predicted molar refractivity (Wildman–Crippen MR) is 148 cm³/mol. The molecule has 0 saturated carbocycles. The summed E-state index contributed by atoms with van der Waals surface area (Å²) in [6, 6.07) is 25.9. The Morgan fingerprint density at radius 2 is 1.51 bits per heavy atom. The number of ether oxygens (including phenoxy) is 1. The first kappa shape index (κ1) is 28.2. The highest BCUT2D eigenvalue weighted by Crippen LogP contribution is 2.42. The maximum Gasteiger partial charge on any atom is 0.409 e. The van der Waals surface area contributed by atoms with Crippen LogP contribution in [0.1, 0.15) is 22.8 Å². The van der Waals surface area contributed by atoms with Crippen molar-refractivity contribution in [3.05, 3.63) is 131 Å². The molecular weight excluding hydrogens is 553 g/mol. The fraction of sp³-hybridized carbons (Fsp3) is 0.194. The second-order valence-corrected chi connectivity index (χ2v) is 10.6. The molecule has 1 saturated heterocycles. The molecule has 2 heterocycles. The van der Waals surface area contributed by atoms with E-state index in [1.165, 1.54) is 11.8 Å². The molecule has 3 aromatic rings. The average molecular weight is 579 g/mol. The summed E-state index contributed by atoms with van der Waals surface area (Å²) in [5, 5.41) is 2.05. The Hall–Kier alpha value is -4.31. The zero-order valence-corrected chi connectivity index (χ0v) is 22.4. The zero-order valence-electron chi connectivity index (χ0n) is 21.6.